The summed E-state index contributed by atoms with van der Waals surface area (Å²) in [5, 5.41) is 0. The van der Waals surface area contributed by atoms with E-state index in [0.29, 0.717) is 6.54 Å². The quantitative estimate of drug-likeness (QED) is 0.769. The van der Waals surface area contributed by atoms with Gasteiger partial charge >= 0.3 is 6.18 Å². The van der Waals surface area contributed by atoms with Gasteiger partial charge in [0, 0.05) is 24.5 Å². The molecule has 0 saturated heterocycles. The Morgan fingerprint density at radius 1 is 1.11 bits per heavy atom. The van der Waals surface area contributed by atoms with Crippen LogP contribution in [0, 0.1) is 0 Å². The van der Waals surface area contributed by atoms with Gasteiger partial charge < -0.3 is 4.57 Å². The van der Waals surface area contributed by atoms with E-state index in [1.807, 2.05) is 30.3 Å². The fraction of sp³-hybridized carbons (Fsp3) is 0.154. The molecule has 0 aliphatic carbocycles. The minimum Gasteiger partial charge on any atom is -0.349 e. The zero-order chi connectivity index (χ0) is 13.2. The predicted octanol–water partition coefficient (Wildman–Crippen LogP) is 3.28. The van der Waals surface area contributed by atoms with E-state index >= 15 is 0 Å². The molecule has 2 nitrogen and oxygen atoms in total. The number of Topliss-reactive ketones (excluding diaryl/α,β-unsaturated/α-hetero) is 1. The monoisotopic (exact) mass is 253 g/mol. The summed E-state index contributed by atoms with van der Waals surface area (Å²) in [5.74, 6) is -1.81. The Hall–Kier alpha value is -2.04. The molecule has 18 heavy (non-hydrogen) atoms. The molecular formula is C13H10F3NO. The van der Waals surface area contributed by atoms with Crippen LogP contribution in [0.5, 0.6) is 0 Å². The maximum Gasteiger partial charge on any atom is 0.454 e. The molecule has 5 heteroatoms. The Bertz CT molecular complexity index is 543. The highest BCUT2D eigenvalue weighted by atomic mass is 19.4. The number of carbonyl (C=O) groups is 1. The number of halogens is 3. The molecule has 0 N–H and O–H groups in total. The van der Waals surface area contributed by atoms with E-state index in [1.54, 1.807) is 4.57 Å². The van der Waals surface area contributed by atoms with Gasteiger partial charge in [0.1, 0.15) is 0 Å². The zero-order valence-corrected chi connectivity index (χ0v) is 9.32. The number of carbonyl (C=O) groups excluding carboxylic acids is 1. The van der Waals surface area contributed by atoms with Crippen molar-refractivity contribution in [3.8, 4) is 0 Å². The Kier molecular flexibility index (Phi) is 3.23. The lowest BCUT2D eigenvalue weighted by Crippen LogP contribution is -2.22. The summed E-state index contributed by atoms with van der Waals surface area (Å²) in [5.41, 5.74) is 0.623. The van der Waals surface area contributed by atoms with Crippen LogP contribution in [0.2, 0.25) is 0 Å². The standard InChI is InChI=1S/C13H10F3NO/c14-13(15,16)12(18)11-6-7-17(9-11)8-10-4-2-1-3-5-10/h1-7,9H,8H2. The molecule has 0 amide bonds. The third-order valence-corrected chi connectivity index (χ3v) is 2.48. The van der Waals surface area contributed by atoms with Crippen LogP contribution in [0.1, 0.15) is 15.9 Å². The highest BCUT2D eigenvalue weighted by Gasteiger charge is 2.39. The van der Waals surface area contributed by atoms with Crippen molar-refractivity contribution in [1.29, 1.82) is 0 Å². The molecule has 1 aromatic carbocycles. The lowest BCUT2D eigenvalue weighted by atomic mass is 10.2. The first kappa shape index (κ1) is 12.4. The van der Waals surface area contributed by atoms with Crippen LogP contribution in [0.4, 0.5) is 13.2 Å². The van der Waals surface area contributed by atoms with E-state index in [1.165, 1.54) is 18.5 Å². The largest absolute Gasteiger partial charge is 0.454 e. The normalized spacial score (nSPS) is 11.5. The van der Waals surface area contributed by atoms with Crippen molar-refractivity contribution in [1.82, 2.24) is 4.57 Å². The van der Waals surface area contributed by atoms with Gasteiger partial charge in [-0.3, -0.25) is 4.79 Å². The van der Waals surface area contributed by atoms with Gasteiger partial charge in [0.05, 0.1) is 0 Å². The minimum absolute atomic E-state index is 0.335. The molecule has 0 atom stereocenters. The third-order valence-electron chi connectivity index (χ3n) is 2.48. The van der Waals surface area contributed by atoms with E-state index < -0.39 is 12.0 Å². The third kappa shape index (κ3) is 2.80. The van der Waals surface area contributed by atoms with Gasteiger partial charge in [0.2, 0.25) is 0 Å². The smallest absolute Gasteiger partial charge is 0.349 e. The summed E-state index contributed by atoms with van der Waals surface area (Å²) in [7, 11) is 0. The number of ketones is 1. The van der Waals surface area contributed by atoms with Crippen molar-refractivity contribution in [2.24, 2.45) is 0 Å². The van der Waals surface area contributed by atoms with E-state index in [0.717, 1.165) is 5.56 Å². The van der Waals surface area contributed by atoms with Crippen LogP contribution in [0.25, 0.3) is 0 Å². The van der Waals surface area contributed by atoms with Crippen LogP contribution >= 0.6 is 0 Å². The first-order chi connectivity index (χ1) is 8.47. The van der Waals surface area contributed by atoms with Crippen LogP contribution in [0.3, 0.4) is 0 Å². The second-order valence-corrected chi connectivity index (χ2v) is 3.88. The summed E-state index contributed by atoms with van der Waals surface area (Å²) in [6.07, 6.45) is -2.15. The second kappa shape index (κ2) is 4.68. The lowest BCUT2D eigenvalue weighted by molar-refractivity contribution is -0.0885. The number of hydrogen-bond donors (Lipinski definition) is 0. The molecule has 1 heterocycles. The fourth-order valence-corrected chi connectivity index (χ4v) is 1.63. The highest BCUT2D eigenvalue weighted by Crippen LogP contribution is 2.21. The molecule has 0 radical (unpaired) electrons. The predicted molar refractivity (Wildman–Crippen MR) is 60.4 cm³/mol. The van der Waals surface area contributed by atoms with E-state index in [4.69, 9.17) is 0 Å². The topological polar surface area (TPSA) is 22.0 Å². The van der Waals surface area contributed by atoms with Gasteiger partial charge in [-0.15, -0.1) is 0 Å². The van der Waals surface area contributed by atoms with Crippen LogP contribution < -0.4 is 0 Å². The number of benzene rings is 1. The average Bonchev–Trinajstić information content (AvgIpc) is 2.76. The van der Waals surface area contributed by atoms with Gasteiger partial charge in [-0.05, 0) is 11.6 Å². The maximum atomic E-state index is 12.2. The summed E-state index contributed by atoms with van der Waals surface area (Å²) >= 11 is 0. The Labute approximate surface area is 102 Å². The van der Waals surface area contributed by atoms with Crippen molar-refractivity contribution in [2.75, 3.05) is 0 Å². The molecule has 0 spiro atoms. The molecule has 94 valence electrons. The number of hydrogen-bond acceptors (Lipinski definition) is 1. The van der Waals surface area contributed by atoms with Crippen molar-refractivity contribution >= 4 is 5.78 Å². The minimum atomic E-state index is -4.82. The number of rotatable bonds is 3. The molecule has 0 aliphatic heterocycles. The van der Waals surface area contributed by atoms with Gasteiger partial charge in [-0.1, -0.05) is 30.3 Å². The maximum absolute atomic E-state index is 12.2. The highest BCUT2D eigenvalue weighted by molar-refractivity contribution is 6.00. The van der Waals surface area contributed by atoms with Crippen molar-refractivity contribution in [3.63, 3.8) is 0 Å². The first-order valence-corrected chi connectivity index (χ1v) is 5.28. The van der Waals surface area contributed by atoms with Gasteiger partial charge in [-0.25, -0.2) is 0 Å². The Balaban J connectivity index is 2.14. The zero-order valence-electron chi connectivity index (χ0n) is 9.32. The van der Waals surface area contributed by atoms with Crippen LogP contribution in [-0.4, -0.2) is 16.5 Å². The molecule has 2 rings (SSSR count). The molecular weight excluding hydrogens is 243 g/mol. The first-order valence-electron chi connectivity index (χ1n) is 5.28. The molecule has 0 saturated carbocycles. The van der Waals surface area contributed by atoms with Gasteiger partial charge in [-0.2, -0.15) is 13.2 Å². The van der Waals surface area contributed by atoms with E-state index in [-0.39, 0.29) is 5.56 Å². The molecule has 0 bridgehead atoms. The average molecular weight is 253 g/mol. The Morgan fingerprint density at radius 2 is 1.78 bits per heavy atom. The molecule has 0 fully saturated rings. The summed E-state index contributed by atoms with van der Waals surface area (Å²) in [4.78, 5) is 11.0. The van der Waals surface area contributed by atoms with E-state index in [9.17, 15) is 18.0 Å². The molecule has 2 aromatic rings. The summed E-state index contributed by atoms with van der Waals surface area (Å²) in [6.45, 7) is 0.436. The molecule has 0 aliphatic rings. The number of alkyl halides is 3. The van der Waals surface area contributed by atoms with E-state index in [2.05, 4.69) is 0 Å². The second-order valence-electron chi connectivity index (χ2n) is 3.88. The Morgan fingerprint density at radius 3 is 2.39 bits per heavy atom. The number of aromatic nitrogens is 1. The van der Waals surface area contributed by atoms with Crippen molar-refractivity contribution < 1.29 is 18.0 Å². The lowest BCUT2D eigenvalue weighted by Gasteiger charge is -2.03. The van der Waals surface area contributed by atoms with Gasteiger partial charge in [0.25, 0.3) is 5.78 Å². The molecule has 0 unspecified atom stereocenters. The van der Waals surface area contributed by atoms with Gasteiger partial charge in [0.15, 0.2) is 0 Å². The fourth-order valence-electron chi connectivity index (χ4n) is 1.63. The van der Waals surface area contributed by atoms with Crippen LogP contribution in [0.15, 0.2) is 48.8 Å². The SMILES string of the molecule is O=C(c1ccn(Cc2ccccc2)c1)C(F)(F)F. The number of nitrogens with zero attached hydrogens (tertiary/aromatic N) is 1. The van der Waals surface area contributed by atoms with Crippen LogP contribution in [-0.2, 0) is 6.54 Å². The molecule has 1 aromatic heterocycles. The van der Waals surface area contributed by atoms with Crippen molar-refractivity contribution in [3.05, 3.63) is 59.9 Å². The summed E-state index contributed by atoms with van der Waals surface area (Å²) in [6, 6.07) is 10.5. The summed E-state index contributed by atoms with van der Waals surface area (Å²) < 4.78 is 38.2. The van der Waals surface area contributed by atoms with Crippen molar-refractivity contribution in [2.45, 2.75) is 12.7 Å².